The predicted molar refractivity (Wildman–Crippen MR) is 105 cm³/mol. The number of benzene rings is 1. The highest BCUT2D eigenvalue weighted by Gasteiger charge is 2.25. The lowest BCUT2D eigenvalue weighted by Gasteiger charge is -2.08. The number of hydrogen-bond acceptors (Lipinski definition) is 8. The number of esters is 1. The predicted octanol–water partition coefficient (Wildman–Crippen LogP) is 3.39. The van der Waals surface area contributed by atoms with Crippen molar-refractivity contribution in [1.29, 1.82) is 0 Å². The molecule has 0 aliphatic carbocycles. The minimum atomic E-state index is -0.609. The molecule has 1 aromatic carbocycles. The second-order valence-electron chi connectivity index (χ2n) is 5.74. The van der Waals surface area contributed by atoms with Crippen molar-refractivity contribution in [1.82, 2.24) is 0 Å². The summed E-state index contributed by atoms with van der Waals surface area (Å²) in [6, 6.07) is 5.61. The molecule has 0 atom stereocenters. The first-order valence-corrected chi connectivity index (χ1v) is 9.15. The van der Waals surface area contributed by atoms with Gasteiger partial charge in [0.1, 0.15) is 5.00 Å². The van der Waals surface area contributed by atoms with Gasteiger partial charge in [-0.3, -0.25) is 19.7 Å². The first-order valence-electron chi connectivity index (χ1n) is 8.34. The third kappa shape index (κ3) is 4.92. The largest absolute Gasteiger partial charge is 0.462 e. The van der Waals surface area contributed by atoms with Gasteiger partial charge >= 0.3 is 5.97 Å². The van der Waals surface area contributed by atoms with Gasteiger partial charge in [0.2, 0.25) is 5.91 Å². The van der Waals surface area contributed by atoms with Crippen LogP contribution in [0.2, 0.25) is 0 Å². The second kappa shape index (κ2) is 9.09. The molecule has 0 saturated carbocycles. The summed E-state index contributed by atoms with van der Waals surface area (Å²) in [6.07, 6.45) is 0. The molecule has 0 unspecified atom stereocenters. The molecule has 1 aromatic heterocycles. The molecule has 1 heterocycles. The number of rotatable bonds is 8. The summed E-state index contributed by atoms with van der Waals surface area (Å²) in [7, 11) is 0. The number of thiophene rings is 1. The van der Waals surface area contributed by atoms with Gasteiger partial charge in [-0.1, -0.05) is 0 Å². The maximum Gasteiger partial charge on any atom is 0.341 e. The van der Waals surface area contributed by atoms with Crippen LogP contribution in [0, 0.1) is 17.0 Å². The number of Topliss-reactive ketones (excluding diaryl/α,β-unsaturated/α-hetero) is 1. The lowest BCUT2D eigenvalue weighted by Crippen LogP contribution is -2.22. The van der Waals surface area contributed by atoms with Gasteiger partial charge in [0.05, 0.1) is 28.5 Å². The lowest BCUT2D eigenvalue weighted by molar-refractivity contribution is -0.384. The first kappa shape index (κ1) is 21.0. The summed E-state index contributed by atoms with van der Waals surface area (Å²) in [4.78, 5) is 46.8. The highest BCUT2D eigenvalue weighted by atomic mass is 32.1. The van der Waals surface area contributed by atoms with E-state index in [1.165, 1.54) is 31.2 Å². The first-order chi connectivity index (χ1) is 13.2. The molecule has 0 aliphatic heterocycles. The number of carbonyl (C=O) groups is 3. The van der Waals surface area contributed by atoms with Crippen molar-refractivity contribution in [2.45, 2.75) is 20.8 Å². The topological polar surface area (TPSA) is 128 Å². The second-order valence-corrected chi connectivity index (χ2v) is 6.76. The molecule has 2 rings (SSSR count). The Hall–Kier alpha value is -3.27. The van der Waals surface area contributed by atoms with Crippen molar-refractivity contribution >= 4 is 45.4 Å². The van der Waals surface area contributed by atoms with Crippen LogP contribution in [-0.2, 0) is 9.53 Å². The summed E-state index contributed by atoms with van der Waals surface area (Å²) < 4.78 is 5.02. The quantitative estimate of drug-likeness (QED) is 0.298. The van der Waals surface area contributed by atoms with Gasteiger partial charge in [-0.15, -0.1) is 11.3 Å². The Kier molecular flexibility index (Phi) is 6.83. The third-order valence-electron chi connectivity index (χ3n) is 3.73. The van der Waals surface area contributed by atoms with Crippen LogP contribution in [0.25, 0.3) is 0 Å². The van der Waals surface area contributed by atoms with E-state index in [0.717, 1.165) is 11.3 Å². The van der Waals surface area contributed by atoms with Crippen molar-refractivity contribution in [2.24, 2.45) is 0 Å². The fraction of sp³-hybridized carbons (Fsp3) is 0.278. The summed E-state index contributed by atoms with van der Waals surface area (Å²) >= 11 is 1.02. The van der Waals surface area contributed by atoms with Crippen molar-refractivity contribution in [3.63, 3.8) is 0 Å². The zero-order chi connectivity index (χ0) is 20.8. The van der Waals surface area contributed by atoms with Crippen LogP contribution in [0.3, 0.4) is 0 Å². The van der Waals surface area contributed by atoms with E-state index in [4.69, 9.17) is 4.74 Å². The molecule has 148 valence electrons. The molecule has 0 radical (unpaired) electrons. The van der Waals surface area contributed by atoms with Gasteiger partial charge in [-0.25, -0.2) is 4.79 Å². The van der Waals surface area contributed by atoms with Crippen LogP contribution in [0.1, 0.15) is 39.4 Å². The smallest absolute Gasteiger partial charge is 0.341 e. The summed E-state index contributed by atoms with van der Waals surface area (Å²) in [5.41, 5.74) is 1.10. The Morgan fingerprint density at radius 3 is 2.39 bits per heavy atom. The molecular formula is C18H19N3O6S. The fourth-order valence-corrected chi connectivity index (χ4v) is 3.55. The van der Waals surface area contributed by atoms with E-state index in [0.29, 0.717) is 16.1 Å². The zero-order valence-electron chi connectivity index (χ0n) is 15.5. The molecule has 10 heteroatoms. The lowest BCUT2D eigenvalue weighted by atomic mass is 10.1. The molecule has 28 heavy (non-hydrogen) atoms. The third-order valence-corrected chi connectivity index (χ3v) is 5.04. The van der Waals surface area contributed by atoms with E-state index >= 15 is 0 Å². The Morgan fingerprint density at radius 1 is 1.21 bits per heavy atom. The average molecular weight is 405 g/mol. The number of hydrogen-bond donors (Lipinski definition) is 2. The van der Waals surface area contributed by atoms with Gasteiger partial charge in [0.25, 0.3) is 5.69 Å². The number of amides is 1. The maximum absolute atomic E-state index is 12.3. The molecule has 0 spiro atoms. The number of ketones is 1. The Bertz CT molecular complexity index is 920. The molecule has 1 amide bonds. The van der Waals surface area contributed by atoms with Crippen molar-refractivity contribution in [3.05, 3.63) is 50.4 Å². The number of anilines is 2. The van der Waals surface area contributed by atoms with Crippen molar-refractivity contribution in [3.8, 4) is 0 Å². The molecule has 0 fully saturated rings. The number of ether oxygens (including phenoxy) is 1. The number of carbonyl (C=O) groups excluding carboxylic acids is 3. The highest BCUT2D eigenvalue weighted by molar-refractivity contribution is 7.18. The summed E-state index contributed by atoms with van der Waals surface area (Å²) in [5, 5.41) is 16.4. The van der Waals surface area contributed by atoms with Crippen LogP contribution in [0.5, 0.6) is 0 Å². The number of nitrogens with one attached hydrogen (secondary N) is 2. The fourth-order valence-electron chi connectivity index (χ4n) is 2.44. The number of nitro groups is 1. The standard InChI is InChI=1S/C18H19N3O6S/c1-4-27-18(24)15-10(2)16(11(3)22)28-17(15)20-14(23)9-19-12-5-7-13(8-6-12)21(25)26/h5-8,19H,4,9H2,1-3H3,(H,20,23). The normalized spacial score (nSPS) is 10.2. The molecule has 2 aromatic rings. The number of nitro benzene ring substituents is 1. The molecular weight excluding hydrogens is 386 g/mol. The van der Waals surface area contributed by atoms with Gasteiger partial charge < -0.3 is 15.4 Å². The zero-order valence-corrected chi connectivity index (χ0v) is 16.3. The summed E-state index contributed by atoms with van der Waals surface area (Å²) in [5.74, 6) is -1.26. The van der Waals surface area contributed by atoms with Crippen LogP contribution >= 0.6 is 11.3 Å². The molecule has 9 nitrogen and oxygen atoms in total. The van der Waals surface area contributed by atoms with Crippen molar-refractivity contribution < 1.29 is 24.0 Å². The van der Waals surface area contributed by atoms with Crippen LogP contribution in [0.15, 0.2) is 24.3 Å². The van der Waals surface area contributed by atoms with Gasteiger partial charge in [0, 0.05) is 17.8 Å². The SMILES string of the molecule is CCOC(=O)c1c(NC(=O)CNc2ccc([N+](=O)[O-])cc2)sc(C(C)=O)c1C. The van der Waals surface area contributed by atoms with Crippen molar-refractivity contribution in [2.75, 3.05) is 23.8 Å². The van der Waals surface area contributed by atoms with E-state index in [2.05, 4.69) is 10.6 Å². The number of non-ortho nitro benzene ring substituents is 1. The Morgan fingerprint density at radius 2 is 1.86 bits per heavy atom. The molecule has 2 N–H and O–H groups in total. The van der Waals surface area contributed by atoms with E-state index in [-0.39, 0.29) is 35.2 Å². The Balaban J connectivity index is 2.12. The van der Waals surface area contributed by atoms with Gasteiger partial charge in [-0.2, -0.15) is 0 Å². The minimum Gasteiger partial charge on any atom is -0.462 e. The van der Waals surface area contributed by atoms with Gasteiger partial charge in [-0.05, 0) is 38.5 Å². The van der Waals surface area contributed by atoms with Crippen LogP contribution in [0.4, 0.5) is 16.4 Å². The van der Waals surface area contributed by atoms with Gasteiger partial charge in [0.15, 0.2) is 5.78 Å². The molecule has 0 bridgehead atoms. The average Bonchev–Trinajstić information content (AvgIpc) is 2.96. The monoisotopic (exact) mass is 405 g/mol. The van der Waals surface area contributed by atoms with E-state index < -0.39 is 16.8 Å². The van der Waals surface area contributed by atoms with Crippen LogP contribution in [-0.4, -0.2) is 35.7 Å². The molecule has 0 aliphatic rings. The van der Waals surface area contributed by atoms with E-state index in [9.17, 15) is 24.5 Å². The van der Waals surface area contributed by atoms with E-state index in [1.807, 2.05) is 0 Å². The maximum atomic E-state index is 12.3. The molecule has 0 saturated heterocycles. The Labute approximate surface area is 164 Å². The highest BCUT2D eigenvalue weighted by Crippen LogP contribution is 2.34. The van der Waals surface area contributed by atoms with Crippen LogP contribution < -0.4 is 10.6 Å². The van der Waals surface area contributed by atoms with E-state index in [1.54, 1.807) is 13.8 Å². The summed E-state index contributed by atoms with van der Waals surface area (Å²) in [6.45, 7) is 4.71. The minimum absolute atomic E-state index is 0.0556. The number of nitrogens with zero attached hydrogens (tertiary/aromatic N) is 1.